The number of sulfonamides is 1. The van der Waals surface area contributed by atoms with Gasteiger partial charge >= 0.3 is 11.9 Å². The van der Waals surface area contributed by atoms with E-state index in [1.54, 1.807) is 18.5 Å². The molecule has 1 aliphatic carbocycles. The summed E-state index contributed by atoms with van der Waals surface area (Å²) in [6.45, 7) is 2.07. The lowest BCUT2D eigenvalue weighted by Gasteiger charge is -2.40. The van der Waals surface area contributed by atoms with Crippen molar-refractivity contribution in [3.8, 4) is 0 Å². The molecular formula is C27H29ClF2N4O6S2. The number of carbonyl (C=O) groups is 2. The van der Waals surface area contributed by atoms with Crippen molar-refractivity contribution in [1.29, 1.82) is 0 Å². The number of hydrogen-bond donors (Lipinski definition) is 2. The molecule has 2 aromatic rings. The minimum Gasteiger partial charge on any atom is -0.481 e. The molecule has 2 N–H and O–H groups in total. The summed E-state index contributed by atoms with van der Waals surface area (Å²) >= 11 is 7.53. The van der Waals surface area contributed by atoms with Crippen LogP contribution in [-0.4, -0.2) is 65.5 Å². The smallest absolute Gasteiger partial charge is 0.338 e. The number of amidine groups is 1. The summed E-state index contributed by atoms with van der Waals surface area (Å²) in [5.41, 5.74) is 0.608. The van der Waals surface area contributed by atoms with Gasteiger partial charge in [-0.25, -0.2) is 31.3 Å². The van der Waals surface area contributed by atoms with E-state index in [0.29, 0.717) is 42.2 Å². The fraction of sp³-hybridized carbons (Fsp3) is 0.481. The Kier molecular flexibility index (Phi) is 8.97. The fourth-order valence-electron chi connectivity index (χ4n) is 5.69. The topological polar surface area (TPSA) is 138 Å². The van der Waals surface area contributed by atoms with Crippen LogP contribution in [0.1, 0.15) is 55.6 Å². The number of rotatable bonds is 9. The number of esters is 1. The van der Waals surface area contributed by atoms with E-state index in [1.807, 2.05) is 0 Å². The first kappa shape index (κ1) is 30.5. The van der Waals surface area contributed by atoms with Crippen molar-refractivity contribution >= 4 is 50.7 Å². The predicted octanol–water partition coefficient (Wildman–Crippen LogP) is 4.28. The van der Waals surface area contributed by atoms with Gasteiger partial charge in [0, 0.05) is 48.3 Å². The average Bonchev–Trinajstić information content (AvgIpc) is 3.48. The van der Waals surface area contributed by atoms with E-state index in [9.17, 15) is 26.8 Å². The molecule has 3 heterocycles. The van der Waals surface area contributed by atoms with E-state index in [-0.39, 0.29) is 49.1 Å². The zero-order chi connectivity index (χ0) is 30.2. The van der Waals surface area contributed by atoms with Crippen LogP contribution in [0.25, 0.3) is 0 Å². The van der Waals surface area contributed by atoms with Crippen LogP contribution in [0.5, 0.6) is 0 Å². The SMILES string of the molecule is CCOC(=O)C1=C(C2CCN(S(=O)(=O)C3CC(CC(=O)O)C3)CC2)NC(c2nccs2)=NC1c1ccc(F)c(F)c1Cl. The van der Waals surface area contributed by atoms with Gasteiger partial charge in [0.05, 0.1) is 22.5 Å². The first-order valence-electron chi connectivity index (χ1n) is 13.5. The number of aliphatic carboxylic acids is 1. The molecule has 1 aromatic heterocycles. The first-order chi connectivity index (χ1) is 20.0. The molecule has 5 rings (SSSR count). The van der Waals surface area contributed by atoms with Gasteiger partial charge in [-0.1, -0.05) is 17.7 Å². The molecule has 0 amide bonds. The van der Waals surface area contributed by atoms with Crippen molar-refractivity contribution < 1.29 is 36.6 Å². The van der Waals surface area contributed by atoms with Crippen LogP contribution in [-0.2, 0) is 24.3 Å². The maximum atomic E-state index is 14.6. The van der Waals surface area contributed by atoms with Gasteiger partial charge in [-0.15, -0.1) is 11.3 Å². The summed E-state index contributed by atoms with van der Waals surface area (Å²) < 4.78 is 61.8. The Morgan fingerprint density at radius 1 is 1.24 bits per heavy atom. The third-order valence-electron chi connectivity index (χ3n) is 7.86. The molecule has 1 saturated heterocycles. The number of hydrogen-bond acceptors (Lipinski definition) is 9. The number of aliphatic imine (C=N–C) groups is 1. The molecule has 3 aliphatic rings. The number of nitrogens with one attached hydrogen (secondary N) is 1. The highest BCUT2D eigenvalue weighted by atomic mass is 35.5. The second-order valence-corrected chi connectivity index (χ2v) is 13.9. The van der Waals surface area contributed by atoms with Crippen molar-refractivity contribution in [2.75, 3.05) is 19.7 Å². The number of carboxylic acid groups (broad SMARTS) is 1. The number of allylic oxidation sites excluding steroid dienone is 1. The Labute approximate surface area is 250 Å². The van der Waals surface area contributed by atoms with Crippen LogP contribution in [0.15, 0.2) is 40.0 Å². The van der Waals surface area contributed by atoms with Crippen LogP contribution in [0.3, 0.4) is 0 Å². The summed E-state index contributed by atoms with van der Waals surface area (Å²) in [6, 6.07) is 1.07. The number of nitrogens with zero attached hydrogens (tertiary/aromatic N) is 3. The van der Waals surface area contributed by atoms with Crippen LogP contribution >= 0.6 is 22.9 Å². The number of benzene rings is 1. The Morgan fingerprint density at radius 2 is 1.95 bits per heavy atom. The molecule has 42 heavy (non-hydrogen) atoms. The first-order valence-corrected chi connectivity index (χ1v) is 16.3. The standard InChI is InChI=1S/C27H29ClF2N4O6S2/c1-2-40-27(37)20-23(15-5-8-34(9-6-15)42(38,39)16-11-14(12-16)13-19(35)36)32-25(26-31-7-10-41-26)33-24(20)17-3-4-18(29)22(30)21(17)28/h3-4,7,10,14-16,24H,2,5-6,8-9,11-13H2,1H3,(H,32,33)(H,35,36). The van der Waals surface area contributed by atoms with E-state index in [0.717, 1.165) is 6.07 Å². The van der Waals surface area contributed by atoms with Gasteiger partial charge in [0.2, 0.25) is 10.0 Å². The molecule has 15 heteroatoms. The number of thiazole rings is 1. The van der Waals surface area contributed by atoms with Crippen molar-refractivity contribution in [1.82, 2.24) is 14.6 Å². The number of aromatic nitrogens is 1. The maximum absolute atomic E-state index is 14.6. The molecule has 1 aromatic carbocycles. The number of carbonyl (C=O) groups excluding carboxylic acids is 1. The zero-order valence-corrected chi connectivity index (χ0v) is 24.9. The number of halogens is 3. The molecule has 1 saturated carbocycles. The number of piperidine rings is 1. The molecule has 1 unspecified atom stereocenters. The highest BCUT2D eigenvalue weighted by molar-refractivity contribution is 7.89. The fourth-order valence-corrected chi connectivity index (χ4v) is 8.70. The van der Waals surface area contributed by atoms with Crippen LogP contribution in [0, 0.1) is 23.5 Å². The molecular weight excluding hydrogens is 614 g/mol. The molecule has 0 bridgehead atoms. The van der Waals surface area contributed by atoms with Gasteiger partial charge in [0.25, 0.3) is 0 Å². The van der Waals surface area contributed by atoms with E-state index < -0.39 is 49.9 Å². The average molecular weight is 643 g/mol. The quantitative estimate of drug-likeness (QED) is 0.305. The number of ether oxygens (including phenoxy) is 1. The Balaban J connectivity index is 1.46. The lowest BCUT2D eigenvalue weighted by molar-refractivity contribution is -0.139. The monoisotopic (exact) mass is 642 g/mol. The third-order valence-corrected chi connectivity index (χ3v) is 11.3. The van der Waals surface area contributed by atoms with Crippen molar-refractivity contribution in [2.45, 2.75) is 50.3 Å². The minimum absolute atomic E-state index is 0.0450. The van der Waals surface area contributed by atoms with E-state index >= 15 is 0 Å². The van der Waals surface area contributed by atoms with E-state index in [2.05, 4.69) is 15.3 Å². The molecule has 1 atom stereocenters. The summed E-state index contributed by atoms with van der Waals surface area (Å²) in [7, 11) is -3.62. The third kappa shape index (κ3) is 5.94. The van der Waals surface area contributed by atoms with Gasteiger partial charge < -0.3 is 15.2 Å². The Morgan fingerprint density at radius 3 is 2.57 bits per heavy atom. The summed E-state index contributed by atoms with van der Waals surface area (Å²) in [5, 5.41) is 13.3. The van der Waals surface area contributed by atoms with E-state index in [4.69, 9.17) is 21.4 Å². The van der Waals surface area contributed by atoms with Crippen molar-refractivity contribution in [2.24, 2.45) is 16.8 Å². The zero-order valence-electron chi connectivity index (χ0n) is 22.6. The molecule has 10 nitrogen and oxygen atoms in total. The van der Waals surface area contributed by atoms with E-state index in [1.165, 1.54) is 21.7 Å². The largest absolute Gasteiger partial charge is 0.481 e. The van der Waals surface area contributed by atoms with Gasteiger partial charge in [-0.05, 0) is 44.6 Å². The lowest BCUT2D eigenvalue weighted by atomic mass is 9.82. The molecule has 0 spiro atoms. The Bertz CT molecular complexity index is 1540. The maximum Gasteiger partial charge on any atom is 0.338 e. The molecule has 2 aliphatic heterocycles. The van der Waals surface area contributed by atoms with Crippen molar-refractivity contribution in [3.05, 3.63) is 62.2 Å². The second kappa shape index (κ2) is 12.3. The van der Waals surface area contributed by atoms with Gasteiger partial charge in [0.1, 0.15) is 6.04 Å². The van der Waals surface area contributed by atoms with Crippen LogP contribution < -0.4 is 5.32 Å². The summed E-state index contributed by atoms with van der Waals surface area (Å²) in [5.74, 6) is -4.21. The minimum atomic E-state index is -3.62. The normalized spacial score (nSPS) is 23.6. The summed E-state index contributed by atoms with van der Waals surface area (Å²) in [6.07, 6.45) is 2.89. The number of carboxylic acids is 1. The Hall–Kier alpha value is -2.94. The highest BCUT2D eigenvalue weighted by Crippen LogP contribution is 2.42. The van der Waals surface area contributed by atoms with Gasteiger partial charge in [-0.2, -0.15) is 0 Å². The lowest BCUT2D eigenvalue weighted by Crippen LogP contribution is -2.49. The molecule has 0 radical (unpaired) electrons. The van der Waals surface area contributed by atoms with Crippen LogP contribution in [0.2, 0.25) is 5.02 Å². The van der Waals surface area contributed by atoms with Gasteiger partial charge in [-0.3, -0.25) is 9.79 Å². The molecule has 2 fully saturated rings. The second-order valence-electron chi connectivity index (χ2n) is 10.4. The predicted molar refractivity (Wildman–Crippen MR) is 152 cm³/mol. The highest BCUT2D eigenvalue weighted by Gasteiger charge is 2.44. The molecule has 226 valence electrons. The van der Waals surface area contributed by atoms with Gasteiger partial charge in [0.15, 0.2) is 22.5 Å². The van der Waals surface area contributed by atoms with Crippen LogP contribution in [0.4, 0.5) is 8.78 Å². The van der Waals surface area contributed by atoms with Crippen molar-refractivity contribution in [3.63, 3.8) is 0 Å². The summed E-state index contributed by atoms with van der Waals surface area (Å²) in [4.78, 5) is 33.3.